The van der Waals surface area contributed by atoms with E-state index in [9.17, 15) is 8.42 Å². The first-order valence-electron chi connectivity index (χ1n) is 6.00. The van der Waals surface area contributed by atoms with Crippen molar-refractivity contribution in [3.8, 4) is 0 Å². The molecule has 1 aromatic heterocycles. The Morgan fingerprint density at radius 3 is 2.72 bits per heavy atom. The van der Waals surface area contributed by atoms with E-state index in [2.05, 4.69) is 4.98 Å². The number of hydrogen-bond acceptors (Lipinski definition) is 4. The molecule has 1 aliphatic heterocycles. The summed E-state index contributed by atoms with van der Waals surface area (Å²) in [6.45, 7) is 1.24. The summed E-state index contributed by atoms with van der Waals surface area (Å²) in [7, 11) is -3.37. The van der Waals surface area contributed by atoms with Gasteiger partial charge < -0.3 is 14.8 Å². The van der Waals surface area contributed by atoms with Gasteiger partial charge >= 0.3 is 0 Å². The molecule has 2 heterocycles. The third-order valence-corrected chi connectivity index (χ3v) is 4.95. The van der Waals surface area contributed by atoms with Gasteiger partial charge in [0.15, 0.2) is 0 Å². The summed E-state index contributed by atoms with van der Waals surface area (Å²) < 4.78 is 31.3. The van der Waals surface area contributed by atoms with E-state index in [-0.39, 0.29) is 12.7 Å². The second kappa shape index (κ2) is 5.83. The summed E-state index contributed by atoms with van der Waals surface area (Å²) in [6.07, 6.45) is 4.48. The van der Waals surface area contributed by atoms with Crippen LogP contribution >= 0.6 is 0 Å². The molecule has 6 nitrogen and oxygen atoms in total. The maximum Gasteiger partial charge on any atom is 0.244 e. The zero-order valence-electron chi connectivity index (χ0n) is 10.1. The summed E-state index contributed by atoms with van der Waals surface area (Å²) in [5.41, 5.74) is 0. The molecule has 0 saturated carbocycles. The zero-order chi connectivity index (χ0) is 13.0. The van der Waals surface area contributed by atoms with Gasteiger partial charge in [-0.3, -0.25) is 0 Å². The number of H-pyrrole nitrogens is 1. The van der Waals surface area contributed by atoms with E-state index in [0.717, 1.165) is 0 Å². The van der Waals surface area contributed by atoms with Crippen molar-refractivity contribution in [2.24, 2.45) is 0 Å². The van der Waals surface area contributed by atoms with Crippen LogP contribution in [-0.2, 0) is 14.8 Å². The molecule has 1 aliphatic rings. The van der Waals surface area contributed by atoms with Crippen LogP contribution in [0, 0.1) is 0 Å². The zero-order valence-corrected chi connectivity index (χ0v) is 10.9. The van der Waals surface area contributed by atoms with Crippen LogP contribution in [-0.4, -0.2) is 55.2 Å². The van der Waals surface area contributed by atoms with Crippen molar-refractivity contribution in [1.82, 2.24) is 9.29 Å². The third kappa shape index (κ3) is 2.92. The fourth-order valence-corrected chi connectivity index (χ4v) is 3.52. The van der Waals surface area contributed by atoms with E-state index in [1.165, 1.54) is 10.5 Å². The lowest BCUT2D eigenvalue weighted by Crippen LogP contribution is -2.40. The molecule has 18 heavy (non-hydrogen) atoms. The van der Waals surface area contributed by atoms with Crippen molar-refractivity contribution >= 4 is 10.0 Å². The van der Waals surface area contributed by atoms with E-state index in [1.54, 1.807) is 12.3 Å². The van der Waals surface area contributed by atoms with Crippen LogP contribution in [0.3, 0.4) is 0 Å². The van der Waals surface area contributed by atoms with Gasteiger partial charge in [-0.1, -0.05) is 0 Å². The number of nitrogens with zero attached hydrogens (tertiary/aromatic N) is 1. The number of piperidine rings is 1. The molecular formula is C11H18N2O4S. The van der Waals surface area contributed by atoms with Crippen LogP contribution in [0.1, 0.15) is 12.8 Å². The second-order valence-electron chi connectivity index (χ2n) is 4.24. The molecule has 1 saturated heterocycles. The number of hydrogen-bond donors (Lipinski definition) is 2. The van der Waals surface area contributed by atoms with Crippen molar-refractivity contribution in [3.05, 3.63) is 18.5 Å². The third-order valence-electron chi connectivity index (χ3n) is 3.05. The molecule has 102 valence electrons. The van der Waals surface area contributed by atoms with Crippen LogP contribution in [0.2, 0.25) is 0 Å². The summed E-state index contributed by atoms with van der Waals surface area (Å²) in [5, 5.41) is 8.67. The number of aliphatic hydroxyl groups is 1. The Labute approximate surface area is 107 Å². The van der Waals surface area contributed by atoms with Gasteiger partial charge in [-0.05, 0) is 18.9 Å². The van der Waals surface area contributed by atoms with E-state index in [1.807, 2.05) is 0 Å². The van der Waals surface area contributed by atoms with Crippen LogP contribution in [0.25, 0.3) is 0 Å². The Morgan fingerprint density at radius 2 is 2.17 bits per heavy atom. The highest BCUT2D eigenvalue weighted by atomic mass is 32.2. The van der Waals surface area contributed by atoms with Gasteiger partial charge in [0.1, 0.15) is 0 Å². The van der Waals surface area contributed by atoms with Crippen LogP contribution < -0.4 is 0 Å². The minimum Gasteiger partial charge on any atom is -0.394 e. The second-order valence-corrected chi connectivity index (χ2v) is 6.18. The van der Waals surface area contributed by atoms with Gasteiger partial charge in [0, 0.05) is 25.5 Å². The monoisotopic (exact) mass is 274 g/mol. The molecule has 2 rings (SSSR count). The molecule has 0 bridgehead atoms. The number of sulfonamides is 1. The van der Waals surface area contributed by atoms with E-state index in [4.69, 9.17) is 9.84 Å². The molecular weight excluding hydrogens is 256 g/mol. The van der Waals surface area contributed by atoms with Gasteiger partial charge in [-0.15, -0.1) is 0 Å². The predicted molar refractivity (Wildman–Crippen MR) is 65.6 cm³/mol. The molecule has 0 spiro atoms. The van der Waals surface area contributed by atoms with Gasteiger partial charge in [0.25, 0.3) is 0 Å². The summed E-state index contributed by atoms with van der Waals surface area (Å²) in [5.74, 6) is 0. The normalized spacial score (nSPS) is 19.2. The van der Waals surface area contributed by atoms with Crippen LogP contribution in [0.15, 0.2) is 23.4 Å². The van der Waals surface area contributed by atoms with Gasteiger partial charge in [-0.2, -0.15) is 4.31 Å². The predicted octanol–water partition coefficient (Wildman–Crippen LogP) is 0.177. The van der Waals surface area contributed by atoms with Crippen molar-refractivity contribution in [2.75, 3.05) is 26.3 Å². The first-order valence-corrected chi connectivity index (χ1v) is 7.44. The van der Waals surface area contributed by atoms with E-state index in [0.29, 0.717) is 37.4 Å². The summed E-state index contributed by atoms with van der Waals surface area (Å²) in [4.78, 5) is 3.06. The standard InChI is InChI=1S/C11H18N2O4S/c14-7-8-17-10-2-5-13(6-3-10)18(15,16)11-1-4-12-9-11/h1,4,9-10,12,14H,2-3,5-8H2. The first kappa shape index (κ1) is 13.5. The quantitative estimate of drug-likeness (QED) is 0.802. The van der Waals surface area contributed by atoms with Crippen molar-refractivity contribution in [3.63, 3.8) is 0 Å². The Bertz CT molecular complexity index is 449. The van der Waals surface area contributed by atoms with Crippen molar-refractivity contribution in [1.29, 1.82) is 0 Å². The molecule has 0 amide bonds. The fraction of sp³-hybridized carbons (Fsp3) is 0.636. The lowest BCUT2D eigenvalue weighted by atomic mass is 10.1. The van der Waals surface area contributed by atoms with Crippen molar-refractivity contribution in [2.45, 2.75) is 23.8 Å². The topological polar surface area (TPSA) is 82.6 Å². The first-order chi connectivity index (χ1) is 8.64. The Hall–Kier alpha value is -0.890. The number of aromatic nitrogens is 1. The summed E-state index contributed by atoms with van der Waals surface area (Å²) >= 11 is 0. The molecule has 0 aromatic carbocycles. The number of rotatable bonds is 5. The highest BCUT2D eigenvalue weighted by Crippen LogP contribution is 2.21. The minimum atomic E-state index is -3.37. The molecule has 0 radical (unpaired) electrons. The Morgan fingerprint density at radius 1 is 1.44 bits per heavy atom. The smallest absolute Gasteiger partial charge is 0.244 e. The minimum absolute atomic E-state index is 0.00185. The molecule has 1 aromatic rings. The highest BCUT2D eigenvalue weighted by molar-refractivity contribution is 7.89. The molecule has 0 aliphatic carbocycles. The lowest BCUT2D eigenvalue weighted by molar-refractivity contribution is 0.00318. The number of aliphatic hydroxyl groups excluding tert-OH is 1. The lowest BCUT2D eigenvalue weighted by Gasteiger charge is -2.30. The number of ether oxygens (including phenoxy) is 1. The van der Waals surface area contributed by atoms with Gasteiger partial charge in [0.2, 0.25) is 10.0 Å². The van der Waals surface area contributed by atoms with Gasteiger partial charge in [-0.25, -0.2) is 8.42 Å². The Kier molecular flexibility index (Phi) is 4.39. The average Bonchev–Trinajstić information content (AvgIpc) is 2.91. The van der Waals surface area contributed by atoms with Crippen LogP contribution in [0.4, 0.5) is 0 Å². The molecule has 7 heteroatoms. The Balaban J connectivity index is 1.94. The molecule has 1 fully saturated rings. The number of aromatic amines is 1. The van der Waals surface area contributed by atoms with E-state index >= 15 is 0 Å². The highest BCUT2D eigenvalue weighted by Gasteiger charge is 2.29. The molecule has 2 N–H and O–H groups in total. The molecule has 0 atom stereocenters. The average molecular weight is 274 g/mol. The largest absolute Gasteiger partial charge is 0.394 e. The number of nitrogens with one attached hydrogen (secondary N) is 1. The maximum atomic E-state index is 12.2. The van der Waals surface area contributed by atoms with Crippen molar-refractivity contribution < 1.29 is 18.3 Å². The fourth-order valence-electron chi connectivity index (χ4n) is 2.08. The SMILES string of the molecule is O=S(=O)(c1cc[nH]c1)N1CCC(OCCO)CC1. The van der Waals surface area contributed by atoms with E-state index < -0.39 is 10.0 Å². The van der Waals surface area contributed by atoms with Gasteiger partial charge in [0.05, 0.1) is 24.2 Å². The summed E-state index contributed by atoms with van der Waals surface area (Å²) in [6, 6.07) is 1.56. The maximum absolute atomic E-state index is 12.2. The van der Waals surface area contributed by atoms with Crippen LogP contribution in [0.5, 0.6) is 0 Å². The molecule has 0 unspecified atom stereocenters.